The monoisotopic (exact) mass is 435 g/mol. The van der Waals surface area contributed by atoms with Crippen molar-refractivity contribution >= 4 is 29.2 Å². The number of nitrogens with zero attached hydrogens (tertiary/aromatic N) is 4. The molecule has 2 aliphatic rings. The van der Waals surface area contributed by atoms with Crippen molar-refractivity contribution in [2.24, 2.45) is 5.10 Å². The van der Waals surface area contributed by atoms with E-state index >= 15 is 0 Å². The van der Waals surface area contributed by atoms with Gasteiger partial charge in [0.25, 0.3) is 11.8 Å². The van der Waals surface area contributed by atoms with E-state index in [1.165, 1.54) is 5.01 Å². The molecular formula is C23H25N5O4. The molecule has 9 nitrogen and oxygen atoms in total. The molecule has 1 N–H and O–H groups in total. The Kier molecular flexibility index (Phi) is 5.81. The zero-order valence-electron chi connectivity index (χ0n) is 18.2. The lowest BCUT2D eigenvalue weighted by molar-refractivity contribution is -0.137. The number of anilines is 1. The van der Waals surface area contributed by atoms with Gasteiger partial charge in [-0.15, -0.1) is 0 Å². The highest BCUT2D eigenvalue weighted by molar-refractivity contribution is 6.06. The van der Waals surface area contributed by atoms with Gasteiger partial charge in [-0.1, -0.05) is 24.3 Å². The minimum Gasteiger partial charge on any atom is -0.497 e. The Labute approximate surface area is 186 Å². The molecule has 1 fully saturated rings. The standard InChI is InChI=1S/C23H25N5O4/c1-26(2)17-9-7-15(8-10-17)20-12-19(16-5-4-6-18(11-16)32-3)25-28(20)22(30)14-27-21(29)13-24-23(27)31/h4-11,20H,12-14H2,1-3H3,(H,24,31). The second-order valence-electron chi connectivity index (χ2n) is 7.86. The highest BCUT2D eigenvalue weighted by Crippen LogP contribution is 2.34. The van der Waals surface area contributed by atoms with Crippen LogP contribution in [0.25, 0.3) is 0 Å². The summed E-state index contributed by atoms with van der Waals surface area (Å²) >= 11 is 0. The Hall–Kier alpha value is -3.88. The van der Waals surface area contributed by atoms with Crippen molar-refractivity contribution in [3.05, 3.63) is 59.7 Å². The first-order valence-corrected chi connectivity index (χ1v) is 10.3. The molecule has 0 aromatic heterocycles. The SMILES string of the molecule is COc1cccc(C2=NN(C(=O)CN3C(=O)CNC3=O)C(c3ccc(N(C)C)cc3)C2)c1. The number of urea groups is 1. The number of carbonyl (C=O) groups is 3. The molecule has 4 rings (SSSR count). The Morgan fingerprint density at radius 3 is 2.56 bits per heavy atom. The van der Waals surface area contributed by atoms with E-state index in [4.69, 9.17) is 4.74 Å². The maximum Gasteiger partial charge on any atom is 0.325 e. The van der Waals surface area contributed by atoms with Gasteiger partial charge >= 0.3 is 6.03 Å². The van der Waals surface area contributed by atoms with Crippen LogP contribution in [0.3, 0.4) is 0 Å². The maximum absolute atomic E-state index is 13.2. The molecule has 166 valence electrons. The van der Waals surface area contributed by atoms with E-state index < -0.39 is 17.8 Å². The summed E-state index contributed by atoms with van der Waals surface area (Å²) in [6.45, 7) is -0.453. The van der Waals surface area contributed by atoms with Crippen LogP contribution in [0, 0.1) is 0 Å². The van der Waals surface area contributed by atoms with Gasteiger partial charge in [0.05, 0.1) is 25.4 Å². The first-order chi connectivity index (χ1) is 15.4. The van der Waals surface area contributed by atoms with Crippen molar-refractivity contribution in [1.82, 2.24) is 15.2 Å². The van der Waals surface area contributed by atoms with Gasteiger partial charge in [0, 0.05) is 31.8 Å². The zero-order chi connectivity index (χ0) is 22.8. The smallest absolute Gasteiger partial charge is 0.325 e. The molecule has 4 amide bonds. The fourth-order valence-corrected chi connectivity index (χ4v) is 3.79. The van der Waals surface area contributed by atoms with Crippen LogP contribution < -0.4 is 15.0 Å². The molecule has 0 bridgehead atoms. The van der Waals surface area contributed by atoms with Gasteiger partial charge in [-0.05, 0) is 29.8 Å². The van der Waals surface area contributed by atoms with Crippen molar-refractivity contribution in [2.45, 2.75) is 12.5 Å². The average molecular weight is 435 g/mol. The summed E-state index contributed by atoms with van der Waals surface area (Å²) in [6.07, 6.45) is 0.500. The lowest BCUT2D eigenvalue weighted by Gasteiger charge is -2.24. The van der Waals surface area contributed by atoms with Crippen molar-refractivity contribution < 1.29 is 19.1 Å². The molecule has 32 heavy (non-hydrogen) atoms. The van der Waals surface area contributed by atoms with E-state index in [1.807, 2.05) is 67.5 Å². The summed E-state index contributed by atoms with van der Waals surface area (Å²) in [5, 5.41) is 8.43. The van der Waals surface area contributed by atoms with Crippen molar-refractivity contribution in [2.75, 3.05) is 39.2 Å². The number of amides is 4. The van der Waals surface area contributed by atoms with Gasteiger partial charge < -0.3 is 15.0 Å². The number of methoxy groups -OCH3 is 1. The van der Waals surface area contributed by atoms with Gasteiger partial charge in [-0.3, -0.25) is 14.5 Å². The van der Waals surface area contributed by atoms with Crippen LogP contribution in [0.4, 0.5) is 10.5 Å². The highest BCUT2D eigenvalue weighted by Gasteiger charge is 2.37. The van der Waals surface area contributed by atoms with Crippen LogP contribution in [0.2, 0.25) is 0 Å². The Bertz CT molecular complexity index is 1060. The summed E-state index contributed by atoms with van der Waals surface area (Å²) in [6, 6.07) is 14.5. The number of hydrogen-bond donors (Lipinski definition) is 1. The summed E-state index contributed by atoms with van der Waals surface area (Å²) in [7, 11) is 5.52. The molecule has 0 saturated carbocycles. The van der Waals surface area contributed by atoms with Gasteiger partial charge in [-0.2, -0.15) is 5.10 Å². The van der Waals surface area contributed by atoms with E-state index in [1.54, 1.807) is 7.11 Å². The first kappa shape index (κ1) is 21.4. The second-order valence-corrected chi connectivity index (χ2v) is 7.86. The quantitative estimate of drug-likeness (QED) is 0.701. The molecule has 1 saturated heterocycles. The number of nitrogens with one attached hydrogen (secondary N) is 1. The van der Waals surface area contributed by atoms with Crippen molar-refractivity contribution in [1.29, 1.82) is 0 Å². The lowest BCUT2D eigenvalue weighted by atomic mass is 9.98. The number of ether oxygens (including phenoxy) is 1. The summed E-state index contributed by atoms with van der Waals surface area (Å²) < 4.78 is 5.32. The third kappa shape index (κ3) is 4.14. The molecule has 2 aromatic carbocycles. The van der Waals surface area contributed by atoms with Gasteiger partial charge in [0.1, 0.15) is 12.3 Å². The topological polar surface area (TPSA) is 94.5 Å². The fourth-order valence-electron chi connectivity index (χ4n) is 3.79. The van der Waals surface area contributed by atoms with E-state index in [-0.39, 0.29) is 19.1 Å². The Morgan fingerprint density at radius 2 is 1.94 bits per heavy atom. The summed E-state index contributed by atoms with van der Waals surface area (Å²) in [5.74, 6) is -0.150. The summed E-state index contributed by atoms with van der Waals surface area (Å²) in [4.78, 5) is 40.0. The summed E-state index contributed by atoms with van der Waals surface area (Å²) in [5.41, 5.74) is 3.54. The highest BCUT2D eigenvalue weighted by atomic mass is 16.5. The van der Waals surface area contributed by atoms with E-state index in [0.29, 0.717) is 12.2 Å². The lowest BCUT2D eigenvalue weighted by Crippen LogP contribution is -2.41. The zero-order valence-corrected chi connectivity index (χ0v) is 18.2. The molecule has 0 radical (unpaired) electrons. The number of carbonyl (C=O) groups excluding carboxylic acids is 3. The second kappa shape index (κ2) is 8.70. The molecule has 2 aliphatic heterocycles. The van der Waals surface area contributed by atoms with E-state index in [9.17, 15) is 14.4 Å². The van der Waals surface area contributed by atoms with Crippen LogP contribution in [-0.2, 0) is 9.59 Å². The average Bonchev–Trinajstić information content (AvgIpc) is 3.38. The molecule has 2 heterocycles. The molecular weight excluding hydrogens is 410 g/mol. The van der Waals surface area contributed by atoms with E-state index in [2.05, 4.69) is 10.4 Å². The van der Waals surface area contributed by atoms with Crippen LogP contribution >= 0.6 is 0 Å². The van der Waals surface area contributed by atoms with Crippen LogP contribution in [-0.4, -0.2) is 67.8 Å². The molecule has 2 aromatic rings. The predicted octanol–water partition coefficient (Wildman–Crippen LogP) is 1.99. The Balaban J connectivity index is 1.65. The first-order valence-electron chi connectivity index (χ1n) is 10.3. The number of rotatable bonds is 6. The van der Waals surface area contributed by atoms with Crippen LogP contribution in [0.5, 0.6) is 5.75 Å². The third-order valence-electron chi connectivity index (χ3n) is 5.59. The number of imide groups is 1. The van der Waals surface area contributed by atoms with Crippen LogP contribution in [0.1, 0.15) is 23.6 Å². The number of hydrazone groups is 1. The molecule has 9 heteroatoms. The van der Waals surface area contributed by atoms with Crippen LogP contribution in [0.15, 0.2) is 53.6 Å². The van der Waals surface area contributed by atoms with Gasteiger partial charge in [0.2, 0.25) is 0 Å². The van der Waals surface area contributed by atoms with Gasteiger partial charge in [0.15, 0.2) is 0 Å². The number of hydrogen-bond acceptors (Lipinski definition) is 6. The molecule has 0 spiro atoms. The molecule has 1 unspecified atom stereocenters. The third-order valence-corrected chi connectivity index (χ3v) is 5.59. The molecule has 0 aliphatic carbocycles. The number of benzene rings is 2. The molecule has 1 atom stereocenters. The van der Waals surface area contributed by atoms with Crippen molar-refractivity contribution in [3.63, 3.8) is 0 Å². The Morgan fingerprint density at radius 1 is 1.19 bits per heavy atom. The maximum atomic E-state index is 13.2. The largest absolute Gasteiger partial charge is 0.497 e. The minimum absolute atomic E-state index is 0.0974. The van der Waals surface area contributed by atoms with E-state index in [0.717, 1.165) is 27.4 Å². The normalized spacial score (nSPS) is 18.0. The van der Waals surface area contributed by atoms with Gasteiger partial charge in [-0.25, -0.2) is 9.80 Å². The fraction of sp³-hybridized carbons (Fsp3) is 0.304. The minimum atomic E-state index is -0.563. The van der Waals surface area contributed by atoms with Crippen molar-refractivity contribution in [3.8, 4) is 5.75 Å². The predicted molar refractivity (Wildman–Crippen MR) is 120 cm³/mol.